The fourth-order valence-corrected chi connectivity index (χ4v) is 5.20. The number of hydrogen-bond donors (Lipinski definition) is 2. The van der Waals surface area contributed by atoms with Crippen LogP contribution in [0.5, 0.6) is 0 Å². The van der Waals surface area contributed by atoms with Crippen LogP contribution in [-0.4, -0.2) is 58.4 Å². The van der Waals surface area contributed by atoms with Gasteiger partial charge < -0.3 is 14.9 Å². The lowest BCUT2D eigenvalue weighted by molar-refractivity contribution is 0.285. The number of likely N-dealkylation sites (tertiary alicyclic amines) is 1. The summed E-state index contributed by atoms with van der Waals surface area (Å²) in [5.41, 5.74) is 4.86. The molecule has 2 aliphatic rings. The summed E-state index contributed by atoms with van der Waals surface area (Å²) < 4.78 is 0. The first-order valence-electron chi connectivity index (χ1n) is 10.8. The molecule has 1 fully saturated rings. The van der Waals surface area contributed by atoms with Gasteiger partial charge in [-0.25, -0.2) is 4.98 Å². The normalized spacial score (nSPS) is 17.2. The van der Waals surface area contributed by atoms with E-state index in [1.807, 2.05) is 28.5 Å². The van der Waals surface area contributed by atoms with Gasteiger partial charge in [0.1, 0.15) is 16.6 Å². The van der Waals surface area contributed by atoms with Gasteiger partial charge >= 0.3 is 0 Å². The Morgan fingerprint density at radius 2 is 1.58 bits per heavy atom. The van der Waals surface area contributed by atoms with Gasteiger partial charge in [0.25, 0.3) is 0 Å². The molecule has 31 heavy (non-hydrogen) atoms. The first kappa shape index (κ1) is 20.0. The van der Waals surface area contributed by atoms with Crippen molar-refractivity contribution in [3.05, 3.63) is 70.7 Å². The van der Waals surface area contributed by atoms with E-state index in [1.165, 1.54) is 35.3 Å². The number of aromatic nitrogens is 1. The molecule has 0 amide bonds. The van der Waals surface area contributed by atoms with Gasteiger partial charge in [-0.2, -0.15) is 0 Å². The minimum absolute atomic E-state index is 0.256. The van der Waals surface area contributed by atoms with E-state index in [2.05, 4.69) is 41.3 Å². The zero-order chi connectivity index (χ0) is 21.2. The van der Waals surface area contributed by atoms with Gasteiger partial charge in [-0.05, 0) is 37.1 Å². The fraction of sp³-hybridized carbons (Fsp3) is 0.280. The molecule has 0 unspecified atom stereocenters. The van der Waals surface area contributed by atoms with E-state index >= 15 is 0 Å². The number of rotatable bonds is 6. The highest BCUT2D eigenvalue weighted by atomic mass is 32.1. The standard InChI is InChI=1S/C25H26N4OS/c26-24-23(22(30)16-29(24)15-14-28-12-4-5-13-28)25-27-21(17-31-25)20-10-8-19(9-11-20)18-6-2-1-3-7-18/h1-3,6-11,17,26,30H,4-5,12-16H2. The van der Waals surface area contributed by atoms with Crippen molar-refractivity contribution >= 4 is 22.7 Å². The molecule has 0 saturated carbocycles. The summed E-state index contributed by atoms with van der Waals surface area (Å²) in [6, 6.07) is 18.7. The van der Waals surface area contributed by atoms with Crippen LogP contribution in [0.15, 0.2) is 65.7 Å². The summed E-state index contributed by atoms with van der Waals surface area (Å²) >= 11 is 1.49. The van der Waals surface area contributed by atoms with Crippen LogP contribution in [0.25, 0.3) is 28.0 Å². The van der Waals surface area contributed by atoms with Crippen molar-refractivity contribution in [2.75, 3.05) is 32.7 Å². The Morgan fingerprint density at radius 3 is 2.32 bits per heavy atom. The molecular formula is C25H26N4OS. The highest BCUT2D eigenvalue weighted by Gasteiger charge is 2.30. The summed E-state index contributed by atoms with van der Waals surface area (Å²) in [6.45, 7) is 4.41. The largest absolute Gasteiger partial charge is 0.510 e. The zero-order valence-corrected chi connectivity index (χ0v) is 18.2. The molecule has 2 aromatic carbocycles. The second kappa shape index (κ2) is 8.65. The van der Waals surface area contributed by atoms with Crippen molar-refractivity contribution in [3.63, 3.8) is 0 Å². The Morgan fingerprint density at radius 1 is 0.903 bits per heavy atom. The van der Waals surface area contributed by atoms with Crippen molar-refractivity contribution in [2.45, 2.75) is 12.8 Å². The number of thiazole rings is 1. The molecule has 0 bridgehead atoms. The van der Waals surface area contributed by atoms with Gasteiger partial charge in [0.2, 0.25) is 0 Å². The van der Waals surface area contributed by atoms with E-state index in [1.54, 1.807) is 0 Å². The molecule has 0 atom stereocenters. The van der Waals surface area contributed by atoms with Crippen molar-refractivity contribution in [1.82, 2.24) is 14.8 Å². The highest BCUT2D eigenvalue weighted by Crippen LogP contribution is 2.33. The summed E-state index contributed by atoms with van der Waals surface area (Å²) in [4.78, 5) is 9.15. The van der Waals surface area contributed by atoms with Gasteiger partial charge in [-0.1, -0.05) is 54.6 Å². The van der Waals surface area contributed by atoms with Crippen LogP contribution >= 0.6 is 11.3 Å². The number of nitrogens with zero attached hydrogens (tertiary/aromatic N) is 3. The Kier molecular flexibility index (Phi) is 5.57. The molecule has 5 nitrogen and oxygen atoms in total. The number of hydrogen-bond acceptors (Lipinski definition) is 5. The average molecular weight is 431 g/mol. The number of nitrogens with one attached hydrogen (secondary N) is 1. The average Bonchev–Trinajstić information content (AvgIpc) is 3.54. The third-order valence-electron chi connectivity index (χ3n) is 6.07. The van der Waals surface area contributed by atoms with E-state index in [0.29, 0.717) is 23.0 Å². The minimum Gasteiger partial charge on any atom is -0.510 e. The molecular weight excluding hydrogens is 404 g/mol. The van der Waals surface area contributed by atoms with E-state index < -0.39 is 0 Å². The second-order valence-corrected chi connectivity index (χ2v) is 8.98. The quantitative estimate of drug-likeness (QED) is 0.569. The first-order valence-corrected chi connectivity index (χ1v) is 11.7. The summed E-state index contributed by atoms with van der Waals surface area (Å²) in [7, 11) is 0. The Hall–Kier alpha value is -2.96. The van der Waals surface area contributed by atoms with Gasteiger partial charge in [0, 0.05) is 24.0 Å². The molecule has 3 heterocycles. The van der Waals surface area contributed by atoms with Gasteiger partial charge in [0.05, 0.1) is 17.8 Å². The SMILES string of the molecule is N=C1C(c2nc(-c3ccc(-c4ccccc4)cc3)cs2)=C(O)CN1CCN1CCCC1. The van der Waals surface area contributed by atoms with Gasteiger partial charge in [0.15, 0.2) is 0 Å². The highest BCUT2D eigenvalue weighted by molar-refractivity contribution is 7.11. The Balaban J connectivity index is 1.29. The van der Waals surface area contributed by atoms with E-state index in [0.717, 1.165) is 37.4 Å². The van der Waals surface area contributed by atoms with Crippen LogP contribution in [0.3, 0.4) is 0 Å². The van der Waals surface area contributed by atoms with Crippen LogP contribution in [-0.2, 0) is 0 Å². The molecule has 0 aliphatic carbocycles. The van der Waals surface area contributed by atoms with Crippen molar-refractivity contribution in [1.29, 1.82) is 5.41 Å². The lowest BCUT2D eigenvalue weighted by Gasteiger charge is -2.22. The maximum atomic E-state index is 10.6. The molecule has 0 spiro atoms. The smallest absolute Gasteiger partial charge is 0.135 e. The lowest BCUT2D eigenvalue weighted by atomic mass is 10.0. The first-order chi connectivity index (χ1) is 15.2. The van der Waals surface area contributed by atoms with Crippen LogP contribution < -0.4 is 0 Å². The fourth-order valence-electron chi connectivity index (χ4n) is 4.30. The van der Waals surface area contributed by atoms with Crippen molar-refractivity contribution < 1.29 is 5.11 Å². The summed E-state index contributed by atoms with van der Waals surface area (Å²) in [5, 5.41) is 21.9. The van der Waals surface area contributed by atoms with Crippen LogP contribution in [0.1, 0.15) is 17.8 Å². The molecule has 2 N–H and O–H groups in total. The van der Waals surface area contributed by atoms with E-state index in [9.17, 15) is 5.11 Å². The molecule has 0 radical (unpaired) electrons. The second-order valence-electron chi connectivity index (χ2n) is 8.12. The predicted molar refractivity (Wildman–Crippen MR) is 128 cm³/mol. The maximum absolute atomic E-state index is 10.6. The Bertz CT molecular complexity index is 1100. The lowest BCUT2D eigenvalue weighted by Crippen LogP contribution is -2.35. The maximum Gasteiger partial charge on any atom is 0.135 e. The number of benzene rings is 2. The third kappa shape index (κ3) is 4.13. The number of amidine groups is 1. The number of aliphatic hydroxyl groups is 1. The van der Waals surface area contributed by atoms with E-state index in [4.69, 9.17) is 10.4 Å². The molecule has 5 rings (SSSR count). The summed E-state index contributed by atoms with van der Waals surface area (Å²) in [5.74, 6) is 0.642. The van der Waals surface area contributed by atoms with E-state index in [-0.39, 0.29) is 5.76 Å². The van der Waals surface area contributed by atoms with Crippen LogP contribution in [0, 0.1) is 5.41 Å². The monoisotopic (exact) mass is 430 g/mol. The van der Waals surface area contributed by atoms with Crippen molar-refractivity contribution in [3.8, 4) is 22.4 Å². The molecule has 3 aromatic rings. The summed E-state index contributed by atoms with van der Waals surface area (Å²) in [6.07, 6.45) is 2.53. The molecule has 158 valence electrons. The molecule has 6 heteroatoms. The number of aliphatic hydroxyl groups excluding tert-OH is 1. The van der Waals surface area contributed by atoms with Crippen LogP contribution in [0.4, 0.5) is 0 Å². The third-order valence-corrected chi connectivity index (χ3v) is 6.93. The van der Waals surface area contributed by atoms with Gasteiger partial charge in [-0.3, -0.25) is 5.41 Å². The van der Waals surface area contributed by atoms with Gasteiger partial charge in [-0.15, -0.1) is 11.3 Å². The Labute approximate surface area is 186 Å². The molecule has 1 saturated heterocycles. The topological polar surface area (TPSA) is 63.5 Å². The van der Waals surface area contributed by atoms with Crippen LogP contribution in [0.2, 0.25) is 0 Å². The zero-order valence-electron chi connectivity index (χ0n) is 17.4. The minimum atomic E-state index is 0.256. The molecule has 1 aromatic heterocycles. The molecule has 2 aliphatic heterocycles. The predicted octanol–water partition coefficient (Wildman–Crippen LogP) is 5.13. The van der Waals surface area contributed by atoms with Crippen molar-refractivity contribution in [2.24, 2.45) is 0 Å².